The van der Waals surface area contributed by atoms with E-state index in [-0.39, 0.29) is 29.9 Å². The highest BCUT2D eigenvalue weighted by molar-refractivity contribution is 14.0. The molecule has 0 saturated carbocycles. The van der Waals surface area contributed by atoms with Crippen molar-refractivity contribution in [2.75, 3.05) is 46.4 Å². The van der Waals surface area contributed by atoms with Gasteiger partial charge < -0.3 is 19.9 Å². The maximum absolute atomic E-state index is 12.4. The van der Waals surface area contributed by atoms with Crippen molar-refractivity contribution >= 4 is 35.8 Å². The number of carbonyl (C=O) groups excluding carboxylic acids is 1. The molecule has 0 saturated heterocycles. The maximum atomic E-state index is 12.4. The number of carbonyl (C=O) groups is 1. The number of hydrogen-bond donors (Lipinski definition) is 1. The van der Waals surface area contributed by atoms with Gasteiger partial charge in [0.2, 0.25) is 5.91 Å². The zero-order valence-electron chi connectivity index (χ0n) is 16.9. The second-order valence-corrected chi connectivity index (χ2v) is 6.49. The normalized spacial score (nSPS) is 15.9. The van der Waals surface area contributed by atoms with Gasteiger partial charge in [0.15, 0.2) is 5.96 Å². The van der Waals surface area contributed by atoms with Crippen molar-refractivity contribution in [1.82, 2.24) is 15.1 Å². The Kier molecular flexibility index (Phi) is 10.5. The predicted molar refractivity (Wildman–Crippen MR) is 121 cm³/mol. The Labute approximate surface area is 180 Å². The fourth-order valence-electron chi connectivity index (χ4n) is 3.23. The van der Waals surface area contributed by atoms with Crippen LogP contribution >= 0.6 is 24.0 Å². The lowest BCUT2D eigenvalue weighted by atomic mass is 9.93. The number of hydrogen-bond acceptors (Lipinski definition) is 3. The summed E-state index contributed by atoms with van der Waals surface area (Å²) in [6, 6.07) is 8.19. The molecule has 1 aromatic rings. The Hall–Kier alpha value is -1.51. The molecule has 0 bridgehead atoms. The molecule has 1 heterocycles. The van der Waals surface area contributed by atoms with E-state index in [2.05, 4.69) is 11.4 Å². The molecule has 0 spiro atoms. The fraction of sp³-hybridized carbons (Fsp3) is 0.600. The highest BCUT2D eigenvalue weighted by Crippen LogP contribution is 2.33. The van der Waals surface area contributed by atoms with Crippen LogP contribution in [0, 0.1) is 0 Å². The third-order valence-electron chi connectivity index (χ3n) is 4.73. The minimum absolute atomic E-state index is 0. The molecule has 6 nitrogen and oxygen atoms in total. The number of ether oxygens (including phenoxy) is 1. The zero-order chi connectivity index (χ0) is 18.9. The second-order valence-electron chi connectivity index (χ2n) is 6.49. The van der Waals surface area contributed by atoms with Crippen LogP contribution in [0.2, 0.25) is 0 Å². The van der Waals surface area contributed by atoms with E-state index in [1.165, 1.54) is 5.56 Å². The smallest absolute Gasteiger partial charge is 0.242 e. The van der Waals surface area contributed by atoms with Gasteiger partial charge in [-0.1, -0.05) is 18.2 Å². The number of rotatable bonds is 7. The number of para-hydroxylation sites is 1. The first kappa shape index (κ1) is 23.5. The summed E-state index contributed by atoms with van der Waals surface area (Å²) in [4.78, 5) is 20.9. The molecule has 1 N–H and O–H groups in total. The van der Waals surface area contributed by atoms with Crippen molar-refractivity contribution < 1.29 is 9.53 Å². The summed E-state index contributed by atoms with van der Waals surface area (Å²) in [7, 11) is 1.92. The molecule has 7 heteroatoms. The molecular formula is C20H33IN4O2. The van der Waals surface area contributed by atoms with Gasteiger partial charge in [-0.05, 0) is 38.8 Å². The van der Waals surface area contributed by atoms with Crippen molar-refractivity contribution in [3.8, 4) is 5.75 Å². The monoisotopic (exact) mass is 488 g/mol. The van der Waals surface area contributed by atoms with Gasteiger partial charge in [-0.25, -0.2) is 0 Å². The van der Waals surface area contributed by atoms with Crippen LogP contribution in [0.15, 0.2) is 29.3 Å². The number of amides is 1. The molecule has 2 rings (SSSR count). The van der Waals surface area contributed by atoms with E-state index in [9.17, 15) is 4.79 Å². The standard InChI is InChI=1S/C20H32N4O2.HI/c1-5-21-20(23(4)15-19(25)24(6-2)7-3)22-14-16-12-13-26-18-11-9-8-10-17(16)18;/h8-11,16H,5-7,12-15H2,1-4H3,(H,21,22);1H. The molecule has 0 radical (unpaired) electrons. The van der Waals surface area contributed by atoms with Crippen LogP contribution in [0.25, 0.3) is 0 Å². The molecule has 1 amide bonds. The molecule has 152 valence electrons. The van der Waals surface area contributed by atoms with E-state index >= 15 is 0 Å². The molecular weight excluding hydrogens is 455 g/mol. The minimum atomic E-state index is 0. The lowest BCUT2D eigenvalue weighted by molar-refractivity contribution is -0.131. The zero-order valence-corrected chi connectivity index (χ0v) is 19.2. The van der Waals surface area contributed by atoms with Gasteiger partial charge in [0.25, 0.3) is 0 Å². The van der Waals surface area contributed by atoms with Crippen LogP contribution in [0.3, 0.4) is 0 Å². The largest absolute Gasteiger partial charge is 0.493 e. The Morgan fingerprint density at radius 1 is 1.26 bits per heavy atom. The Morgan fingerprint density at radius 3 is 2.63 bits per heavy atom. The third-order valence-corrected chi connectivity index (χ3v) is 4.73. The summed E-state index contributed by atoms with van der Waals surface area (Å²) in [5, 5.41) is 3.30. The highest BCUT2D eigenvalue weighted by Gasteiger charge is 2.21. The lowest BCUT2D eigenvalue weighted by Crippen LogP contribution is -2.45. The first-order chi connectivity index (χ1) is 12.6. The molecule has 1 atom stereocenters. The number of fused-ring (bicyclic) bond motifs is 1. The van der Waals surface area contributed by atoms with Gasteiger partial charge in [0.1, 0.15) is 5.75 Å². The topological polar surface area (TPSA) is 57.2 Å². The minimum Gasteiger partial charge on any atom is -0.493 e. The molecule has 0 aliphatic carbocycles. The van der Waals surface area contributed by atoms with Crippen LogP contribution < -0.4 is 10.1 Å². The van der Waals surface area contributed by atoms with Crippen molar-refractivity contribution in [2.24, 2.45) is 4.99 Å². The lowest BCUT2D eigenvalue weighted by Gasteiger charge is -2.27. The number of nitrogens with one attached hydrogen (secondary N) is 1. The van der Waals surface area contributed by atoms with E-state index in [4.69, 9.17) is 9.73 Å². The fourth-order valence-corrected chi connectivity index (χ4v) is 3.23. The first-order valence-electron chi connectivity index (χ1n) is 9.59. The van der Waals surface area contributed by atoms with Gasteiger partial charge in [-0.3, -0.25) is 9.79 Å². The van der Waals surface area contributed by atoms with Crippen molar-refractivity contribution in [3.05, 3.63) is 29.8 Å². The molecule has 1 unspecified atom stereocenters. The maximum Gasteiger partial charge on any atom is 0.242 e. The van der Waals surface area contributed by atoms with Gasteiger partial charge in [0, 0.05) is 39.1 Å². The van der Waals surface area contributed by atoms with Crippen molar-refractivity contribution in [3.63, 3.8) is 0 Å². The summed E-state index contributed by atoms with van der Waals surface area (Å²) in [6.07, 6.45) is 0.960. The van der Waals surface area contributed by atoms with E-state index < -0.39 is 0 Å². The van der Waals surface area contributed by atoms with Gasteiger partial charge in [0.05, 0.1) is 13.2 Å². The number of likely N-dealkylation sites (N-methyl/N-ethyl adjacent to an activating group) is 2. The van der Waals surface area contributed by atoms with Gasteiger partial charge >= 0.3 is 0 Å². The van der Waals surface area contributed by atoms with E-state index in [0.29, 0.717) is 19.0 Å². The molecule has 1 aromatic carbocycles. The van der Waals surface area contributed by atoms with Crippen molar-refractivity contribution in [1.29, 1.82) is 0 Å². The van der Waals surface area contributed by atoms with Crippen LogP contribution in [-0.4, -0.2) is 68.0 Å². The predicted octanol–water partition coefficient (Wildman–Crippen LogP) is 2.94. The van der Waals surface area contributed by atoms with E-state index in [1.807, 2.05) is 55.8 Å². The molecule has 0 fully saturated rings. The number of nitrogens with zero attached hydrogens (tertiary/aromatic N) is 3. The molecule has 1 aliphatic rings. The summed E-state index contributed by atoms with van der Waals surface area (Å²) < 4.78 is 5.73. The van der Waals surface area contributed by atoms with Crippen LogP contribution in [-0.2, 0) is 4.79 Å². The molecule has 27 heavy (non-hydrogen) atoms. The Morgan fingerprint density at radius 2 is 1.96 bits per heavy atom. The highest BCUT2D eigenvalue weighted by atomic mass is 127. The SMILES string of the molecule is CCNC(=NCC1CCOc2ccccc21)N(C)CC(=O)N(CC)CC.I. The quantitative estimate of drug-likeness (QED) is 0.365. The van der Waals surface area contributed by atoms with Crippen LogP contribution in [0.1, 0.15) is 38.7 Å². The number of aliphatic imine (C=N–C) groups is 1. The van der Waals surface area contributed by atoms with E-state index in [1.54, 1.807) is 0 Å². The summed E-state index contributed by atoms with van der Waals surface area (Å²) >= 11 is 0. The van der Waals surface area contributed by atoms with Crippen LogP contribution in [0.4, 0.5) is 0 Å². The summed E-state index contributed by atoms with van der Waals surface area (Å²) in [6.45, 7) is 10.0. The number of benzene rings is 1. The average molecular weight is 488 g/mol. The Balaban J connectivity index is 0.00000364. The van der Waals surface area contributed by atoms with Gasteiger partial charge in [-0.2, -0.15) is 0 Å². The first-order valence-corrected chi connectivity index (χ1v) is 9.59. The molecule has 1 aliphatic heterocycles. The number of halogens is 1. The summed E-state index contributed by atoms with van der Waals surface area (Å²) in [5.41, 5.74) is 1.22. The van der Waals surface area contributed by atoms with Crippen LogP contribution in [0.5, 0.6) is 5.75 Å². The second kappa shape index (κ2) is 12.0. The average Bonchev–Trinajstić information content (AvgIpc) is 2.66. The number of guanidine groups is 1. The Bertz CT molecular complexity index is 620. The van der Waals surface area contributed by atoms with Gasteiger partial charge in [-0.15, -0.1) is 24.0 Å². The van der Waals surface area contributed by atoms with Crippen molar-refractivity contribution in [2.45, 2.75) is 33.1 Å². The summed E-state index contributed by atoms with van der Waals surface area (Å²) in [5.74, 6) is 2.21. The molecule has 0 aromatic heterocycles. The van der Waals surface area contributed by atoms with E-state index in [0.717, 1.165) is 44.4 Å². The third kappa shape index (κ3) is 6.55.